The van der Waals surface area contributed by atoms with E-state index in [1.54, 1.807) is 4.57 Å². The predicted octanol–water partition coefficient (Wildman–Crippen LogP) is 0.402. The summed E-state index contributed by atoms with van der Waals surface area (Å²) >= 11 is 0. The maximum Gasteiger partial charge on any atom is 0.697 e. The number of methoxy groups -OCH3 is 2. The second kappa shape index (κ2) is 5.87. The van der Waals surface area contributed by atoms with Gasteiger partial charge < -0.3 is 19.9 Å². The van der Waals surface area contributed by atoms with Gasteiger partial charge in [-0.15, -0.1) is 9.05 Å². The van der Waals surface area contributed by atoms with E-state index in [9.17, 15) is 4.57 Å². The molecule has 11 nitrogen and oxygen atoms in total. The molecule has 0 amide bonds. The van der Waals surface area contributed by atoms with Crippen molar-refractivity contribution in [2.24, 2.45) is 0 Å². The molecule has 0 saturated carbocycles. The average Bonchev–Trinajstić information content (AvgIpc) is 3.14. The molecule has 2 aliphatic heterocycles. The highest BCUT2D eigenvalue weighted by Crippen LogP contribution is 2.44. The number of nitrogen functional groups attached to an aromatic ring is 1. The molecule has 2 aromatic heterocycles. The van der Waals surface area contributed by atoms with E-state index in [0.717, 1.165) is 0 Å². The van der Waals surface area contributed by atoms with Gasteiger partial charge in [-0.05, 0) is 0 Å². The molecule has 0 aromatic carbocycles. The number of nitrogens with zero attached hydrogens (tertiary/aromatic N) is 4. The zero-order chi connectivity index (χ0) is 16.8. The lowest BCUT2D eigenvalue weighted by atomic mass is 10.1. The summed E-state index contributed by atoms with van der Waals surface area (Å²) in [7, 11) is 0.819. The molecule has 0 radical (unpaired) electrons. The van der Waals surface area contributed by atoms with Crippen molar-refractivity contribution in [2.75, 3.05) is 26.6 Å². The molecule has 0 spiro atoms. The topological polar surface area (TPSA) is 133 Å². The van der Waals surface area contributed by atoms with Crippen molar-refractivity contribution >= 4 is 25.4 Å². The predicted molar refractivity (Wildman–Crippen MR) is 79.4 cm³/mol. The third kappa shape index (κ3) is 2.33. The Bertz CT molecular complexity index is 800. The van der Waals surface area contributed by atoms with Gasteiger partial charge in [-0.3, -0.25) is 4.57 Å². The van der Waals surface area contributed by atoms with Gasteiger partial charge in [0.25, 0.3) is 0 Å². The van der Waals surface area contributed by atoms with Crippen LogP contribution in [0.25, 0.3) is 11.2 Å². The van der Waals surface area contributed by atoms with E-state index in [1.807, 2.05) is 0 Å². The average molecular weight is 356 g/mol. The van der Waals surface area contributed by atoms with Crippen LogP contribution in [0.3, 0.4) is 0 Å². The molecule has 0 aliphatic carbocycles. The minimum absolute atomic E-state index is 0.0492. The lowest BCUT2D eigenvalue weighted by molar-refractivity contribution is -0.0584. The summed E-state index contributed by atoms with van der Waals surface area (Å²) in [5.74, 6) is 0.316. The second-order valence-electron chi connectivity index (χ2n) is 5.27. The van der Waals surface area contributed by atoms with Crippen molar-refractivity contribution in [3.05, 3.63) is 6.33 Å². The highest BCUT2D eigenvalue weighted by molar-refractivity contribution is 7.33. The fourth-order valence-electron chi connectivity index (χ4n) is 2.94. The van der Waals surface area contributed by atoms with Gasteiger partial charge in [0, 0.05) is 11.7 Å². The van der Waals surface area contributed by atoms with Crippen LogP contribution in [0.2, 0.25) is 0 Å². The number of nitrogens with two attached hydrogens (primary N) is 1. The third-order valence-electron chi connectivity index (χ3n) is 3.98. The lowest BCUT2D eigenvalue weighted by Crippen LogP contribution is -2.38. The molecule has 2 saturated heterocycles. The van der Waals surface area contributed by atoms with Gasteiger partial charge in [0.1, 0.15) is 18.8 Å². The molecule has 128 valence electrons. The fraction of sp³-hybridized carbons (Fsp3) is 0.583. The van der Waals surface area contributed by atoms with E-state index in [4.69, 9.17) is 29.0 Å². The second-order valence-corrected chi connectivity index (χ2v) is 6.19. The first-order valence-electron chi connectivity index (χ1n) is 7.11. The van der Waals surface area contributed by atoms with Crippen LogP contribution in [0.15, 0.2) is 6.33 Å². The SMILES string of the molecule is COc1nc(N)nc2c1ncn2C1OC2CO[P+](=O)OC2C1OC. The Balaban J connectivity index is 1.77. The summed E-state index contributed by atoms with van der Waals surface area (Å²) in [4.78, 5) is 12.5. The maximum absolute atomic E-state index is 11.5. The quantitative estimate of drug-likeness (QED) is 0.770. The molecule has 5 atom stereocenters. The molecule has 2 aliphatic rings. The highest BCUT2D eigenvalue weighted by Gasteiger charge is 2.55. The molecule has 0 bridgehead atoms. The van der Waals surface area contributed by atoms with Gasteiger partial charge in [-0.1, -0.05) is 0 Å². The van der Waals surface area contributed by atoms with Crippen LogP contribution in [0.5, 0.6) is 5.88 Å². The maximum atomic E-state index is 11.5. The van der Waals surface area contributed by atoms with E-state index in [1.165, 1.54) is 20.5 Å². The van der Waals surface area contributed by atoms with Gasteiger partial charge >= 0.3 is 8.25 Å². The minimum atomic E-state index is -2.18. The molecule has 4 heterocycles. The van der Waals surface area contributed by atoms with E-state index < -0.39 is 32.8 Å². The molecule has 5 unspecified atom stereocenters. The summed E-state index contributed by atoms with van der Waals surface area (Å²) in [6.45, 7) is 0.156. The third-order valence-corrected chi connectivity index (χ3v) is 4.76. The van der Waals surface area contributed by atoms with Crippen LogP contribution in [0.1, 0.15) is 6.23 Å². The molecule has 4 rings (SSSR count). The molecule has 2 fully saturated rings. The van der Waals surface area contributed by atoms with Crippen LogP contribution in [-0.2, 0) is 23.1 Å². The Kier molecular flexibility index (Phi) is 3.82. The van der Waals surface area contributed by atoms with Crippen molar-refractivity contribution in [3.63, 3.8) is 0 Å². The summed E-state index contributed by atoms with van der Waals surface area (Å²) in [6, 6.07) is 0. The van der Waals surface area contributed by atoms with Gasteiger partial charge in [0.2, 0.25) is 11.8 Å². The number of fused-ring (bicyclic) bond motifs is 2. The first-order chi connectivity index (χ1) is 11.6. The van der Waals surface area contributed by atoms with Gasteiger partial charge in [0.15, 0.2) is 23.5 Å². The van der Waals surface area contributed by atoms with Crippen molar-refractivity contribution in [3.8, 4) is 5.88 Å². The monoisotopic (exact) mass is 356 g/mol. The van der Waals surface area contributed by atoms with Gasteiger partial charge in [-0.25, -0.2) is 4.98 Å². The molecular formula is C12H15N5O6P+. The van der Waals surface area contributed by atoms with E-state index in [2.05, 4.69) is 15.0 Å². The van der Waals surface area contributed by atoms with E-state index in [-0.39, 0.29) is 18.4 Å². The van der Waals surface area contributed by atoms with Crippen LogP contribution >= 0.6 is 8.25 Å². The Labute approximate surface area is 137 Å². The summed E-state index contributed by atoms with van der Waals surface area (Å²) in [5.41, 5.74) is 6.62. The summed E-state index contributed by atoms with van der Waals surface area (Å²) in [5, 5.41) is 0. The molecule has 2 N–H and O–H groups in total. The van der Waals surface area contributed by atoms with E-state index >= 15 is 0 Å². The van der Waals surface area contributed by atoms with Crippen molar-refractivity contribution < 1.29 is 27.8 Å². The van der Waals surface area contributed by atoms with Crippen LogP contribution < -0.4 is 10.5 Å². The molecule has 24 heavy (non-hydrogen) atoms. The Morgan fingerprint density at radius 2 is 2.25 bits per heavy atom. The number of hydrogen-bond donors (Lipinski definition) is 1. The lowest BCUT2D eigenvalue weighted by Gasteiger charge is -2.20. The van der Waals surface area contributed by atoms with Crippen molar-refractivity contribution in [2.45, 2.75) is 24.5 Å². The van der Waals surface area contributed by atoms with Gasteiger partial charge in [-0.2, -0.15) is 9.97 Å². The summed E-state index contributed by atoms with van der Waals surface area (Å²) in [6.07, 6.45) is -0.505. The first-order valence-corrected chi connectivity index (χ1v) is 8.21. The molecule has 12 heteroatoms. The molecular weight excluding hydrogens is 341 g/mol. The number of anilines is 1. The van der Waals surface area contributed by atoms with Crippen LogP contribution in [0.4, 0.5) is 5.95 Å². The van der Waals surface area contributed by atoms with Gasteiger partial charge in [0.05, 0.1) is 13.4 Å². The number of rotatable bonds is 3. The fourth-order valence-corrected chi connectivity index (χ4v) is 3.73. The minimum Gasteiger partial charge on any atom is -0.479 e. The number of imidazole rings is 1. The Morgan fingerprint density at radius 3 is 3.00 bits per heavy atom. The first kappa shape index (κ1) is 15.6. The number of hydrogen-bond acceptors (Lipinski definition) is 10. The number of ether oxygens (including phenoxy) is 3. The van der Waals surface area contributed by atoms with Crippen molar-refractivity contribution in [1.29, 1.82) is 0 Å². The highest BCUT2D eigenvalue weighted by atomic mass is 31.1. The smallest absolute Gasteiger partial charge is 0.479 e. The van der Waals surface area contributed by atoms with Crippen LogP contribution in [0, 0.1) is 0 Å². The Morgan fingerprint density at radius 1 is 1.42 bits per heavy atom. The zero-order valence-electron chi connectivity index (χ0n) is 12.9. The largest absolute Gasteiger partial charge is 0.697 e. The Hall–Kier alpha value is -1.91. The standard InChI is InChI=1S/C12H15N5O6P/c1-19-8-7-5(3-21-24(18)23-7)22-11(8)17-4-14-6-9(17)15-12(13)16-10(6)20-2/h4-5,7-8,11H,3H2,1-2H3,(H2,13,15,16)/q+1. The zero-order valence-corrected chi connectivity index (χ0v) is 13.8. The van der Waals surface area contributed by atoms with E-state index in [0.29, 0.717) is 11.2 Å². The number of aromatic nitrogens is 4. The van der Waals surface area contributed by atoms with Crippen LogP contribution in [-0.4, -0.2) is 58.7 Å². The normalized spacial score (nSPS) is 31.3. The molecule has 2 aromatic rings. The van der Waals surface area contributed by atoms with Crippen molar-refractivity contribution in [1.82, 2.24) is 19.5 Å². The summed E-state index contributed by atoms with van der Waals surface area (Å²) < 4.78 is 40.2.